The second kappa shape index (κ2) is 15.5. The highest BCUT2D eigenvalue weighted by Gasteiger charge is 2.31. The van der Waals surface area contributed by atoms with Gasteiger partial charge in [-0.05, 0) is 23.3 Å². The summed E-state index contributed by atoms with van der Waals surface area (Å²) < 4.78 is 10.3. The van der Waals surface area contributed by atoms with Gasteiger partial charge in [-0.25, -0.2) is 4.79 Å². The standard InChI is InChI=1S/C27H37ClN2O8/c28-21-8-6-20(7-9-21)25(19-4-2-1-3-5-19)30-12-10-29(11-13-30)14-15-37-18-24(34)38-17-23(33)27(36)26(35)22(32)16-31/h1-9,22-23,25-27,31-33,35-36H,10-18H2/t22-,23+,25?,26+,27+/m0/s1. The molecular formula is C27H37ClN2O8. The number of halogens is 1. The third kappa shape index (κ3) is 8.98. The normalized spacial score (nSPS) is 18.9. The third-order valence-electron chi connectivity index (χ3n) is 6.59. The van der Waals surface area contributed by atoms with Gasteiger partial charge in [0.1, 0.15) is 37.6 Å². The van der Waals surface area contributed by atoms with Gasteiger partial charge in [-0.15, -0.1) is 0 Å². The number of carbonyl (C=O) groups is 1. The van der Waals surface area contributed by atoms with Crippen LogP contribution in [0.2, 0.25) is 5.02 Å². The molecule has 5 atom stereocenters. The van der Waals surface area contributed by atoms with Gasteiger partial charge in [-0.1, -0.05) is 54.1 Å². The Morgan fingerprint density at radius 3 is 2.11 bits per heavy atom. The zero-order chi connectivity index (χ0) is 27.5. The highest BCUT2D eigenvalue weighted by Crippen LogP contribution is 2.30. The van der Waals surface area contributed by atoms with Crippen LogP contribution in [0, 0.1) is 0 Å². The van der Waals surface area contributed by atoms with Crippen molar-refractivity contribution in [2.45, 2.75) is 30.5 Å². The van der Waals surface area contributed by atoms with Crippen LogP contribution in [0.3, 0.4) is 0 Å². The molecule has 1 saturated heterocycles. The van der Waals surface area contributed by atoms with Crippen molar-refractivity contribution < 1.29 is 39.8 Å². The van der Waals surface area contributed by atoms with Gasteiger partial charge in [0, 0.05) is 37.7 Å². The van der Waals surface area contributed by atoms with E-state index in [2.05, 4.69) is 34.1 Å². The first kappa shape index (κ1) is 30.4. The molecule has 3 rings (SSSR count). The Morgan fingerprint density at radius 2 is 1.47 bits per heavy atom. The van der Waals surface area contributed by atoms with Crippen molar-refractivity contribution in [2.75, 3.05) is 59.2 Å². The SMILES string of the molecule is O=C(COCCN1CCN(C(c2ccccc2)c2ccc(Cl)cc2)CC1)OC[C@@H](O)[C@@H](O)[C@H](O)[C@@H](O)CO. The maximum Gasteiger partial charge on any atom is 0.332 e. The summed E-state index contributed by atoms with van der Waals surface area (Å²) >= 11 is 6.11. The van der Waals surface area contributed by atoms with Gasteiger partial charge >= 0.3 is 5.97 Å². The first-order chi connectivity index (χ1) is 18.3. The molecule has 38 heavy (non-hydrogen) atoms. The Hall–Kier alpha value is -2.12. The molecule has 0 amide bonds. The summed E-state index contributed by atoms with van der Waals surface area (Å²) in [5.41, 5.74) is 2.41. The molecule has 0 bridgehead atoms. The number of hydrogen-bond donors (Lipinski definition) is 5. The van der Waals surface area contributed by atoms with E-state index in [0.29, 0.717) is 18.2 Å². The molecule has 1 unspecified atom stereocenters. The average Bonchev–Trinajstić information content (AvgIpc) is 2.95. The number of hydrogen-bond acceptors (Lipinski definition) is 10. The van der Waals surface area contributed by atoms with E-state index in [1.807, 2.05) is 30.3 Å². The number of piperazine rings is 1. The van der Waals surface area contributed by atoms with Crippen LogP contribution in [0.4, 0.5) is 0 Å². The predicted octanol–water partition coefficient (Wildman–Crippen LogP) is 0.0427. The van der Waals surface area contributed by atoms with Crippen LogP contribution in [-0.2, 0) is 14.3 Å². The smallest absolute Gasteiger partial charge is 0.332 e. The van der Waals surface area contributed by atoms with E-state index in [1.165, 1.54) is 11.1 Å². The molecule has 10 nitrogen and oxygen atoms in total. The molecule has 0 saturated carbocycles. The van der Waals surface area contributed by atoms with Crippen LogP contribution in [0.25, 0.3) is 0 Å². The van der Waals surface area contributed by atoms with Gasteiger partial charge in [0.05, 0.1) is 19.3 Å². The van der Waals surface area contributed by atoms with E-state index < -0.39 is 43.6 Å². The van der Waals surface area contributed by atoms with Crippen molar-refractivity contribution in [3.05, 3.63) is 70.7 Å². The number of benzene rings is 2. The average molecular weight is 553 g/mol. The Balaban J connectivity index is 1.38. The van der Waals surface area contributed by atoms with Crippen LogP contribution in [0.15, 0.2) is 54.6 Å². The fraction of sp³-hybridized carbons (Fsp3) is 0.519. The Labute approximate surface area is 227 Å². The summed E-state index contributed by atoms with van der Waals surface area (Å²) in [6.45, 7) is 2.68. The van der Waals surface area contributed by atoms with Gasteiger partial charge in [0.15, 0.2) is 0 Å². The van der Waals surface area contributed by atoms with Crippen molar-refractivity contribution in [2.24, 2.45) is 0 Å². The highest BCUT2D eigenvalue weighted by atomic mass is 35.5. The van der Waals surface area contributed by atoms with Crippen molar-refractivity contribution in [3.8, 4) is 0 Å². The second-order valence-corrected chi connectivity index (χ2v) is 9.71. The van der Waals surface area contributed by atoms with Gasteiger partial charge in [-0.3, -0.25) is 9.80 Å². The fourth-order valence-electron chi connectivity index (χ4n) is 4.37. The minimum atomic E-state index is -1.79. The molecule has 1 aliphatic rings. The third-order valence-corrected chi connectivity index (χ3v) is 6.84. The molecule has 1 aliphatic heterocycles. The van der Waals surface area contributed by atoms with Gasteiger partial charge in [0.2, 0.25) is 0 Å². The molecular weight excluding hydrogens is 516 g/mol. The Kier molecular flexibility index (Phi) is 12.4. The summed E-state index contributed by atoms with van der Waals surface area (Å²) in [6, 6.07) is 18.5. The van der Waals surface area contributed by atoms with E-state index in [1.54, 1.807) is 0 Å². The van der Waals surface area contributed by atoms with E-state index in [0.717, 1.165) is 26.2 Å². The molecule has 1 fully saturated rings. The molecule has 1 heterocycles. The molecule has 0 aliphatic carbocycles. The van der Waals surface area contributed by atoms with Crippen LogP contribution >= 0.6 is 11.6 Å². The predicted molar refractivity (Wildman–Crippen MR) is 141 cm³/mol. The van der Waals surface area contributed by atoms with Gasteiger partial charge in [-0.2, -0.15) is 0 Å². The summed E-state index contributed by atoms with van der Waals surface area (Å²) in [5, 5.41) is 48.0. The molecule has 5 N–H and O–H groups in total. The number of ether oxygens (including phenoxy) is 2. The second-order valence-electron chi connectivity index (χ2n) is 9.28. The fourth-order valence-corrected chi connectivity index (χ4v) is 4.50. The maximum absolute atomic E-state index is 11.9. The number of aliphatic hydroxyl groups is 5. The molecule has 0 radical (unpaired) electrons. The van der Waals surface area contributed by atoms with E-state index in [9.17, 15) is 25.2 Å². The molecule has 11 heteroatoms. The number of carbonyl (C=O) groups excluding carboxylic acids is 1. The summed E-state index contributed by atoms with van der Waals surface area (Å²) in [4.78, 5) is 16.6. The minimum absolute atomic E-state index is 0.128. The number of esters is 1. The van der Waals surface area contributed by atoms with E-state index in [-0.39, 0.29) is 12.6 Å². The Morgan fingerprint density at radius 1 is 0.868 bits per heavy atom. The molecule has 210 valence electrons. The lowest BCUT2D eigenvalue weighted by Gasteiger charge is -2.39. The van der Waals surface area contributed by atoms with Gasteiger partial charge < -0.3 is 35.0 Å². The molecule has 0 aromatic heterocycles. The van der Waals surface area contributed by atoms with Crippen LogP contribution in [-0.4, -0.2) is 125 Å². The van der Waals surface area contributed by atoms with Gasteiger partial charge in [0.25, 0.3) is 0 Å². The van der Waals surface area contributed by atoms with Crippen LogP contribution in [0.5, 0.6) is 0 Å². The van der Waals surface area contributed by atoms with Crippen molar-refractivity contribution >= 4 is 17.6 Å². The van der Waals surface area contributed by atoms with E-state index in [4.69, 9.17) is 26.2 Å². The molecule has 2 aromatic carbocycles. The zero-order valence-corrected chi connectivity index (χ0v) is 21.9. The minimum Gasteiger partial charge on any atom is -0.461 e. The first-order valence-electron chi connectivity index (χ1n) is 12.6. The Bertz CT molecular complexity index is 959. The van der Waals surface area contributed by atoms with Crippen LogP contribution < -0.4 is 0 Å². The maximum atomic E-state index is 11.9. The largest absolute Gasteiger partial charge is 0.461 e. The van der Waals surface area contributed by atoms with Crippen molar-refractivity contribution in [3.63, 3.8) is 0 Å². The quantitative estimate of drug-likeness (QED) is 0.161. The number of rotatable bonds is 14. The van der Waals surface area contributed by atoms with Crippen molar-refractivity contribution in [1.29, 1.82) is 0 Å². The lowest BCUT2D eigenvalue weighted by molar-refractivity contribution is -0.160. The summed E-state index contributed by atoms with van der Waals surface area (Å²) in [6.07, 6.45) is -6.81. The molecule has 2 aromatic rings. The number of aliphatic hydroxyl groups excluding tert-OH is 5. The zero-order valence-electron chi connectivity index (χ0n) is 21.2. The van der Waals surface area contributed by atoms with Crippen LogP contribution in [0.1, 0.15) is 17.2 Å². The van der Waals surface area contributed by atoms with E-state index >= 15 is 0 Å². The van der Waals surface area contributed by atoms with Crippen molar-refractivity contribution in [1.82, 2.24) is 9.80 Å². The monoisotopic (exact) mass is 552 g/mol. The summed E-state index contributed by atoms with van der Waals surface area (Å²) in [5.74, 6) is -0.730. The molecule has 0 spiro atoms. The number of nitrogens with zero attached hydrogens (tertiary/aromatic N) is 2. The lowest BCUT2D eigenvalue weighted by atomic mass is 9.96. The summed E-state index contributed by atoms with van der Waals surface area (Å²) in [7, 11) is 0. The first-order valence-corrected chi connectivity index (χ1v) is 13.0. The lowest BCUT2D eigenvalue weighted by Crippen LogP contribution is -2.48. The highest BCUT2D eigenvalue weighted by molar-refractivity contribution is 6.30. The topological polar surface area (TPSA) is 143 Å².